The number of methoxy groups -OCH3 is 1. The quantitative estimate of drug-likeness (QED) is 0.205. The lowest BCUT2D eigenvalue weighted by molar-refractivity contribution is -0.0580. The SMILES string of the molecule is COC[C@H]1O[C@@H](n2cnc3c(NCC(c4ccccc4)c4ccccc4)nc(C[N-]S(=O)(=O)CC(C)C)nc32)[C@H](O)[C@@H]1O. The molecule has 0 radical (unpaired) electrons. The Morgan fingerprint density at radius 3 is 2.28 bits per heavy atom. The van der Waals surface area contributed by atoms with E-state index in [-0.39, 0.29) is 36.6 Å². The number of nitrogens with zero attached hydrogens (tertiary/aromatic N) is 5. The third kappa shape index (κ3) is 7.20. The number of anilines is 1. The monoisotopic (exact) mass is 609 g/mol. The lowest BCUT2D eigenvalue weighted by Gasteiger charge is -2.22. The Labute approximate surface area is 251 Å². The van der Waals surface area contributed by atoms with Crippen molar-refractivity contribution in [2.45, 2.75) is 50.8 Å². The van der Waals surface area contributed by atoms with Crippen LogP contribution < -0.4 is 5.32 Å². The molecule has 3 N–H and O–H groups in total. The maximum Gasteiger partial charge on any atom is 0.167 e. The Bertz CT molecular complexity index is 1560. The Hall–Kier alpha value is -3.46. The predicted molar refractivity (Wildman–Crippen MR) is 162 cm³/mol. The van der Waals surface area contributed by atoms with Crippen molar-refractivity contribution < 1.29 is 28.1 Å². The molecule has 4 atom stereocenters. The van der Waals surface area contributed by atoms with Crippen LogP contribution in [-0.2, 0) is 26.0 Å². The first kappa shape index (κ1) is 31.0. The molecular weight excluding hydrogens is 572 g/mol. The molecule has 4 aromatic rings. The molecule has 1 aliphatic rings. The fourth-order valence-electron chi connectivity index (χ4n) is 5.23. The molecule has 0 spiro atoms. The summed E-state index contributed by atoms with van der Waals surface area (Å²) in [6, 6.07) is 20.2. The van der Waals surface area contributed by atoms with Crippen molar-refractivity contribution in [3.05, 3.63) is 88.7 Å². The number of ether oxygens (including phenoxy) is 2. The van der Waals surface area contributed by atoms with Crippen LogP contribution in [0.1, 0.15) is 42.9 Å². The summed E-state index contributed by atoms with van der Waals surface area (Å²) in [4.78, 5) is 13.7. The first-order valence-corrected chi connectivity index (χ1v) is 15.8. The molecule has 3 heterocycles. The second-order valence-electron chi connectivity index (χ2n) is 11.0. The normalized spacial score (nSPS) is 20.8. The molecule has 2 aromatic carbocycles. The summed E-state index contributed by atoms with van der Waals surface area (Å²) < 4.78 is 41.6. The smallest absolute Gasteiger partial charge is 0.167 e. The molecule has 0 amide bonds. The number of rotatable bonds is 13. The van der Waals surface area contributed by atoms with Crippen molar-refractivity contribution in [2.75, 3.05) is 31.3 Å². The minimum absolute atomic E-state index is 0.0287. The fraction of sp³-hybridized carbons (Fsp3) is 0.433. The van der Waals surface area contributed by atoms with Gasteiger partial charge in [0.2, 0.25) is 0 Å². The highest BCUT2D eigenvalue weighted by atomic mass is 32.2. The molecule has 2 aromatic heterocycles. The number of aromatic nitrogens is 4. The number of nitrogens with one attached hydrogen (secondary N) is 1. The molecule has 12 nitrogen and oxygen atoms in total. The number of sulfonamides is 1. The first-order chi connectivity index (χ1) is 20.7. The zero-order valence-corrected chi connectivity index (χ0v) is 25.1. The Morgan fingerprint density at radius 1 is 1.02 bits per heavy atom. The number of hydrogen-bond donors (Lipinski definition) is 3. The average Bonchev–Trinajstić information content (AvgIpc) is 3.53. The maximum atomic E-state index is 12.5. The van der Waals surface area contributed by atoms with Gasteiger partial charge in [0, 0.05) is 25.3 Å². The van der Waals surface area contributed by atoms with Gasteiger partial charge in [-0.15, -0.1) is 0 Å². The zero-order chi connectivity index (χ0) is 30.6. The number of fused-ring (bicyclic) bond motifs is 1. The van der Waals surface area contributed by atoms with Crippen LogP contribution in [0.4, 0.5) is 5.82 Å². The van der Waals surface area contributed by atoms with Crippen LogP contribution >= 0.6 is 0 Å². The molecule has 5 rings (SSSR count). The summed E-state index contributed by atoms with van der Waals surface area (Å²) in [5.41, 5.74) is 2.91. The van der Waals surface area contributed by atoms with E-state index >= 15 is 0 Å². The molecule has 0 saturated carbocycles. The van der Waals surface area contributed by atoms with Crippen molar-refractivity contribution in [1.29, 1.82) is 0 Å². The molecule has 1 aliphatic heterocycles. The predicted octanol–water partition coefficient (Wildman–Crippen LogP) is 3.20. The third-order valence-corrected chi connectivity index (χ3v) is 8.84. The standard InChI is InChI=1S/C30H37N6O6S/c1-19(2)17-43(39,40)33-15-24-34-28(31-14-22(20-10-6-4-7-11-20)21-12-8-5-9-13-21)25-29(35-24)36(18-32-25)30-27(38)26(37)23(42-30)16-41-3/h4-13,18-19,22-23,26-27,30,37-38H,14-17H2,1-3H3,(H,31,34,35)/q-1/t23-,26-,27-,30-/m1/s1. The van der Waals surface area contributed by atoms with Gasteiger partial charge in [0.25, 0.3) is 0 Å². The van der Waals surface area contributed by atoms with Crippen molar-refractivity contribution >= 4 is 27.0 Å². The molecule has 0 aliphatic carbocycles. The summed E-state index contributed by atoms with van der Waals surface area (Å²) >= 11 is 0. The van der Waals surface area contributed by atoms with E-state index < -0.39 is 34.6 Å². The number of aliphatic hydroxyl groups excluding tert-OH is 2. The van der Waals surface area contributed by atoms with E-state index in [0.29, 0.717) is 23.5 Å². The van der Waals surface area contributed by atoms with Gasteiger partial charge in [-0.05, 0) is 17.0 Å². The molecular formula is C30H37N6O6S-. The average molecular weight is 610 g/mol. The van der Waals surface area contributed by atoms with Crippen LogP contribution in [0.5, 0.6) is 0 Å². The van der Waals surface area contributed by atoms with E-state index in [9.17, 15) is 18.6 Å². The molecule has 0 bridgehead atoms. The van der Waals surface area contributed by atoms with Gasteiger partial charge in [0.15, 0.2) is 23.2 Å². The van der Waals surface area contributed by atoms with Gasteiger partial charge in [-0.3, -0.25) is 4.57 Å². The highest BCUT2D eigenvalue weighted by Gasteiger charge is 2.44. The van der Waals surface area contributed by atoms with Crippen LogP contribution in [0.25, 0.3) is 15.9 Å². The highest BCUT2D eigenvalue weighted by Crippen LogP contribution is 2.33. The maximum absolute atomic E-state index is 12.5. The van der Waals surface area contributed by atoms with Gasteiger partial charge >= 0.3 is 0 Å². The van der Waals surface area contributed by atoms with Crippen molar-refractivity contribution in [3.8, 4) is 0 Å². The zero-order valence-electron chi connectivity index (χ0n) is 24.3. The van der Waals surface area contributed by atoms with E-state index in [2.05, 4.69) is 49.3 Å². The van der Waals surface area contributed by atoms with Crippen LogP contribution in [0.15, 0.2) is 67.0 Å². The molecule has 230 valence electrons. The van der Waals surface area contributed by atoms with Crippen LogP contribution in [0, 0.1) is 5.92 Å². The van der Waals surface area contributed by atoms with E-state index in [4.69, 9.17) is 9.47 Å². The molecule has 1 fully saturated rings. The Morgan fingerprint density at radius 2 is 1.67 bits per heavy atom. The lowest BCUT2D eigenvalue weighted by atomic mass is 9.91. The molecule has 0 unspecified atom stereocenters. The number of benzene rings is 2. The van der Waals surface area contributed by atoms with Crippen LogP contribution in [-0.4, -0.2) is 82.5 Å². The van der Waals surface area contributed by atoms with Gasteiger partial charge in [0.05, 0.1) is 23.0 Å². The summed E-state index contributed by atoms with van der Waals surface area (Å²) in [6.07, 6.45) is -2.75. The molecule has 43 heavy (non-hydrogen) atoms. The topological polar surface area (TPSA) is 163 Å². The Balaban J connectivity index is 1.51. The van der Waals surface area contributed by atoms with E-state index in [0.717, 1.165) is 11.1 Å². The Kier molecular flexibility index (Phi) is 9.69. The van der Waals surface area contributed by atoms with E-state index in [1.54, 1.807) is 0 Å². The van der Waals surface area contributed by atoms with Gasteiger partial charge in [-0.2, -0.15) is 0 Å². The third-order valence-electron chi connectivity index (χ3n) is 7.23. The minimum Gasteiger partial charge on any atom is -0.543 e. The fourth-order valence-corrected chi connectivity index (χ4v) is 6.49. The van der Waals surface area contributed by atoms with Gasteiger partial charge < -0.3 is 29.7 Å². The summed E-state index contributed by atoms with van der Waals surface area (Å²) in [7, 11) is -2.21. The second-order valence-corrected chi connectivity index (χ2v) is 12.8. The van der Waals surface area contributed by atoms with Crippen LogP contribution in [0.2, 0.25) is 0 Å². The van der Waals surface area contributed by atoms with Crippen LogP contribution in [0.3, 0.4) is 0 Å². The van der Waals surface area contributed by atoms with Gasteiger partial charge in [-0.1, -0.05) is 81.1 Å². The van der Waals surface area contributed by atoms with Gasteiger partial charge in [0.1, 0.15) is 24.1 Å². The lowest BCUT2D eigenvalue weighted by Crippen LogP contribution is -2.33. The van der Waals surface area contributed by atoms with Crippen molar-refractivity contribution in [1.82, 2.24) is 19.5 Å². The number of imidazole rings is 1. The van der Waals surface area contributed by atoms with Crippen molar-refractivity contribution in [3.63, 3.8) is 0 Å². The molecule has 1 saturated heterocycles. The largest absolute Gasteiger partial charge is 0.543 e. The van der Waals surface area contributed by atoms with E-state index in [1.807, 2.05) is 50.2 Å². The summed E-state index contributed by atoms with van der Waals surface area (Å²) in [6.45, 7) is 3.89. The minimum atomic E-state index is -3.69. The number of hydrogen-bond acceptors (Lipinski definition) is 10. The number of aliphatic hydroxyl groups is 2. The highest BCUT2D eigenvalue weighted by molar-refractivity contribution is 7.93. The summed E-state index contributed by atoms with van der Waals surface area (Å²) in [5.74, 6) is 0.333. The first-order valence-electron chi connectivity index (χ1n) is 14.2. The van der Waals surface area contributed by atoms with Gasteiger partial charge in [-0.25, -0.2) is 23.4 Å². The second kappa shape index (κ2) is 13.5. The van der Waals surface area contributed by atoms with Crippen molar-refractivity contribution in [2.24, 2.45) is 5.92 Å². The molecule has 13 heteroatoms. The summed E-state index contributed by atoms with van der Waals surface area (Å²) in [5, 5.41) is 24.8. The van der Waals surface area contributed by atoms with E-state index in [1.165, 1.54) is 18.0 Å².